The summed E-state index contributed by atoms with van der Waals surface area (Å²) in [5.74, 6) is -0.0877. The topological polar surface area (TPSA) is 142 Å². The van der Waals surface area contributed by atoms with Crippen LogP contribution in [-0.4, -0.2) is 64.9 Å². The maximum absolute atomic E-state index is 12.5. The van der Waals surface area contributed by atoms with Gasteiger partial charge in [-0.15, -0.1) is 0 Å². The first-order valence-corrected chi connectivity index (χ1v) is 14.1. The van der Waals surface area contributed by atoms with Gasteiger partial charge in [-0.05, 0) is 85.2 Å². The largest absolute Gasteiger partial charge is 0.493 e. The molecule has 6 N–H and O–H groups in total. The Labute approximate surface area is 240 Å². The number of aromatic nitrogens is 4. The van der Waals surface area contributed by atoms with Gasteiger partial charge in [0, 0.05) is 50.3 Å². The number of hydrogen-bond donors (Lipinski definition) is 6. The van der Waals surface area contributed by atoms with Crippen LogP contribution in [0.2, 0.25) is 0 Å². The highest BCUT2D eigenvalue weighted by Crippen LogP contribution is 2.24. The molecule has 2 heterocycles. The first kappa shape index (κ1) is 32.2. The van der Waals surface area contributed by atoms with Gasteiger partial charge in [0.05, 0.1) is 12.4 Å². The molecule has 0 aliphatic carbocycles. The standard InChI is InChI=1S/C25H44N8O4S2/c1-7-30-16-18(34)32(22(30)36)24(3,4)10-14-28-20(38)26-12-9-13-27-21(39)29-15-11-25(5,6)33-19(35)17-31(8-2)23(33)37/h16-17,34-35H,7-15H2,1-6H3,(H2,26,28,38)(H2,27,29,39). The molecule has 2 aromatic heterocycles. The van der Waals surface area contributed by atoms with Crippen molar-refractivity contribution in [1.29, 1.82) is 0 Å². The van der Waals surface area contributed by atoms with Crippen molar-refractivity contribution in [1.82, 2.24) is 39.5 Å². The lowest BCUT2D eigenvalue weighted by Gasteiger charge is -2.26. The molecular formula is C25H44N8O4S2. The molecule has 0 amide bonds. The molecule has 0 radical (unpaired) electrons. The van der Waals surface area contributed by atoms with E-state index in [-0.39, 0.29) is 23.1 Å². The summed E-state index contributed by atoms with van der Waals surface area (Å²) in [6.45, 7) is 14.7. The average molecular weight is 585 g/mol. The Morgan fingerprint density at radius 2 is 1.05 bits per heavy atom. The van der Waals surface area contributed by atoms with E-state index >= 15 is 0 Å². The van der Waals surface area contributed by atoms with Gasteiger partial charge in [-0.25, -0.2) is 9.59 Å². The smallest absolute Gasteiger partial charge is 0.331 e. The maximum Gasteiger partial charge on any atom is 0.331 e. The van der Waals surface area contributed by atoms with Crippen molar-refractivity contribution in [3.63, 3.8) is 0 Å². The fourth-order valence-electron chi connectivity index (χ4n) is 4.35. The minimum atomic E-state index is -0.580. The molecule has 39 heavy (non-hydrogen) atoms. The minimum absolute atomic E-state index is 0.0439. The molecule has 0 unspecified atom stereocenters. The van der Waals surface area contributed by atoms with E-state index in [2.05, 4.69) is 21.3 Å². The van der Waals surface area contributed by atoms with Gasteiger partial charge < -0.3 is 31.5 Å². The summed E-state index contributed by atoms with van der Waals surface area (Å²) in [5.41, 5.74) is -1.62. The molecule has 0 bridgehead atoms. The van der Waals surface area contributed by atoms with Crippen molar-refractivity contribution >= 4 is 34.7 Å². The molecule has 0 aliphatic heterocycles. The number of nitrogens with one attached hydrogen (secondary N) is 4. The highest BCUT2D eigenvalue weighted by molar-refractivity contribution is 7.80. The number of thiocarbonyl (C=S) groups is 2. The van der Waals surface area contributed by atoms with Gasteiger partial charge in [-0.1, -0.05) is 0 Å². The molecule has 0 aliphatic rings. The molecule has 0 saturated carbocycles. The van der Waals surface area contributed by atoms with Crippen LogP contribution in [0.5, 0.6) is 11.8 Å². The highest BCUT2D eigenvalue weighted by atomic mass is 32.1. The first-order chi connectivity index (χ1) is 18.2. The summed E-state index contributed by atoms with van der Waals surface area (Å²) in [6, 6.07) is 0. The van der Waals surface area contributed by atoms with Crippen molar-refractivity contribution in [3.05, 3.63) is 33.4 Å². The van der Waals surface area contributed by atoms with E-state index in [1.54, 1.807) is 0 Å². The lowest BCUT2D eigenvalue weighted by atomic mass is 10.0. The van der Waals surface area contributed by atoms with Gasteiger partial charge >= 0.3 is 11.4 Å². The van der Waals surface area contributed by atoms with Crippen molar-refractivity contribution in [2.75, 3.05) is 26.2 Å². The van der Waals surface area contributed by atoms with Gasteiger partial charge in [0.25, 0.3) is 0 Å². The number of rotatable bonds is 14. The normalized spacial score (nSPS) is 11.8. The van der Waals surface area contributed by atoms with Crippen molar-refractivity contribution in [2.45, 2.75) is 85.0 Å². The van der Waals surface area contributed by atoms with Crippen LogP contribution < -0.4 is 32.6 Å². The third-order valence-corrected chi connectivity index (χ3v) is 7.31. The van der Waals surface area contributed by atoms with Crippen molar-refractivity contribution in [3.8, 4) is 11.8 Å². The lowest BCUT2D eigenvalue weighted by Crippen LogP contribution is -2.43. The summed E-state index contributed by atoms with van der Waals surface area (Å²) in [4.78, 5) is 25.0. The van der Waals surface area contributed by atoms with Gasteiger partial charge in [0.2, 0.25) is 11.8 Å². The predicted molar refractivity (Wildman–Crippen MR) is 162 cm³/mol. The second-order valence-corrected chi connectivity index (χ2v) is 11.4. The van der Waals surface area contributed by atoms with Crippen molar-refractivity contribution < 1.29 is 10.2 Å². The number of imidazole rings is 2. The Balaban J connectivity index is 1.63. The fraction of sp³-hybridized carbons (Fsp3) is 0.680. The van der Waals surface area contributed by atoms with Crippen LogP contribution >= 0.6 is 24.4 Å². The SMILES string of the molecule is CCn1cc(O)n(C(C)(C)CCNC(=S)NCCCNC(=S)NCCC(C)(C)n2c(O)cn(CC)c2=O)c1=O. The van der Waals surface area contributed by atoms with Crippen LogP contribution in [0.25, 0.3) is 0 Å². The monoisotopic (exact) mass is 584 g/mol. The van der Waals surface area contributed by atoms with E-state index in [1.165, 1.54) is 30.7 Å². The second-order valence-electron chi connectivity index (χ2n) is 10.6. The molecule has 12 nitrogen and oxygen atoms in total. The van der Waals surface area contributed by atoms with E-state index in [4.69, 9.17) is 24.4 Å². The molecule has 0 spiro atoms. The van der Waals surface area contributed by atoms with Gasteiger partial charge in [-0.2, -0.15) is 0 Å². The second kappa shape index (κ2) is 13.9. The summed E-state index contributed by atoms with van der Waals surface area (Å²) < 4.78 is 5.77. The van der Waals surface area contributed by atoms with Gasteiger partial charge in [0.1, 0.15) is 0 Å². The molecule has 0 atom stereocenters. The van der Waals surface area contributed by atoms with Crippen LogP contribution in [0.15, 0.2) is 22.0 Å². The van der Waals surface area contributed by atoms with E-state index in [0.29, 0.717) is 62.3 Å². The van der Waals surface area contributed by atoms with Gasteiger partial charge in [0.15, 0.2) is 10.2 Å². The molecule has 0 fully saturated rings. The van der Waals surface area contributed by atoms with E-state index in [9.17, 15) is 19.8 Å². The summed E-state index contributed by atoms with van der Waals surface area (Å²) in [6.07, 6.45) is 4.88. The first-order valence-electron chi connectivity index (χ1n) is 13.3. The van der Waals surface area contributed by atoms with Crippen LogP contribution in [0.1, 0.15) is 60.8 Å². The number of aromatic hydroxyl groups is 2. The molecule has 14 heteroatoms. The van der Waals surface area contributed by atoms with E-state index in [0.717, 1.165) is 6.42 Å². The summed E-state index contributed by atoms with van der Waals surface area (Å²) in [5, 5.41) is 34.0. The number of aryl methyl sites for hydroxylation is 2. The molecule has 0 aromatic carbocycles. The third-order valence-electron chi connectivity index (χ3n) is 6.74. The van der Waals surface area contributed by atoms with Crippen LogP contribution in [0, 0.1) is 0 Å². The number of nitrogens with zero attached hydrogens (tertiary/aromatic N) is 4. The average Bonchev–Trinajstić information content (AvgIpc) is 3.32. The van der Waals surface area contributed by atoms with Crippen LogP contribution in [-0.2, 0) is 24.2 Å². The molecule has 220 valence electrons. The molecule has 2 aromatic rings. The summed E-state index contributed by atoms with van der Waals surface area (Å²) >= 11 is 10.7. The lowest BCUT2D eigenvalue weighted by molar-refractivity contribution is 0.275. The van der Waals surface area contributed by atoms with E-state index in [1.807, 2.05) is 41.5 Å². The minimum Gasteiger partial charge on any atom is -0.493 e. The zero-order chi connectivity index (χ0) is 29.4. The van der Waals surface area contributed by atoms with Crippen LogP contribution in [0.3, 0.4) is 0 Å². The predicted octanol–water partition coefficient (Wildman–Crippen LogP) is 1.33. The van der Waals surface area contributed by atoms with Crippen molar-refractivity contribution in [2.24, 2.45) is 0 Å². The molecular weight excluding hydrogens is 540 g/mol. The Morgan fingerprint density at radius 3 is 1.36 bits per heavy atom. The molecule has 2 rings (SSSR count). The zero-order valence-electron chi connectivity index (χ0n) is 23.8. The number of hydrogen-bond acceptors (Lipinski definition) is 6. The Bertz CT molecular complexity index is 1150. The summed E-state index contributed by atoms with van der Waals surface area (Å²) in [7, 11) is 0. The highest BCUT2D eigenvalue weighted by Gasteiger charge is 2.27. The third kappa shape index (κ3) is 8.49. The Hall–Kier alpha value is -3.00. The zero-order valence-corrected chi connectivity index (χ0v) is 25.5. The van der Waals surface area contributed by atoms with E-state index < -0.39 is 11.1 Å². The Morgan fingerprint density at radius 1 is 0.718 bits per heavy atom. The fourth-order valence-corrected chi connectivity index (χ4v) is 4.76. The van der Waals surface area contributed by atoms with Crippen LogP contribution in [0.4, 0.5) is 0 Å². The van der Waals surface area contributed by atoms with Gasteiger partial charge in [-0.3, -0.25) is 18.3 Å². The molecule has 0 saturated heterocycles. The maximum atomic E-state index is 12.5. The Kier molecular flexibility index (Phi) is 11.5. The quantitative estimate of drug-likeness (QED) is 0.142.